The fourth-order valence-electron chi connectivity index (χ4n) is 3.16. The van der Waals surface area contributed by atoms with Gasteiger partial charge in [0, 0.05) is 23.1 Å². The lowest BCUT2D eigenvalue weighted by atomic mass is 9.86. The second-order valence-electron chi connectivity index (χ2n) is 6.20. The molecule has 0 saturated carbocycles. The van der Waals surface area contributed by atoms with E-state index in [1.807, 2.05) is 6.08 Å². The third kappa shape index (κ3) is 3.09. The fraction of sp³-hybridized carbons (Fsp3) is 0.0476. The number of allylic oxidation sites excluding steroid dienone is 4. The summed E-state index contributed by atoms with van der Waals surface area (Å²) in [4.78, 5) is 24.3. The van der Waals surface area contributed by atoms with E-state index in [4.69, 9.17) is 28.3 Å². The van der Waals surface area contributed by atoms with Gasteiger partial charge in [-0.1, -0.05) is 53.6 Å². The van der Waals surface area contributed by atoms with Gasteiger partial charge in [0.15, 0.2) is 5.78 Å². The summed E-state index contributed by atoms with van der Waals surface area (Å²) in [5.74, 6) is -1.33. The highest BCUT2D eigenvalue weighted by molar-refractivity contribution is 6.43. The van der Waals surface area contributed by atoms with Crippen molar-refractivity contribution in [3.05, 3.63) is 92.5 Å². The normalized spacial score (nSPS) is 15.2. The number of aromatic carboxylic acids is 1. The summed E-state index contributed by atoms with van der Waals surface area (Å²) >= 11 is 12.4. The number of hydrogen-bond donors (Lipinski definition) is 1. The Bertz CT molecular complexity index is 1120. The van der Waals surface area contributed by atoms with Crippen molar-refractivity contribution in [2.75, 3.05) is 0 Å². The zero-order chi connectivity index (χ0) is 19.8. The summed E-state index contributed by atoms with van der Waals surface area (Å²) in [6.07, 6.45) is 4.11. The number of ketones is 1. The van der Waals surface area contributed by atoms with Crippen molar-refractivity contribution in [3.63, 3.8) is 0 Å². The summed E-state index contributed by atoms with van der Waals surface area (Å²) < 4.78 is 0. The van der Waals surface area contributed by atoms with Crippen molar-refractivity contribution < 1.29 is 14.7 Å². The molecule has 28 heavy (non-hydrogen) atoms. The standard InChI is InChI=1S/C21H12Cl2N2O3/c22-14-4-2-5-15(23)18(14)20(26)13-3-1-6-16-17(13)19(25-24-16)11-7-9-12(10-8-11)21(27)28/h1-5,7-10H,6H2,(H,27,28). The van der Waals surface area contributed by atoms with Crippen molar-refractivity contribution in [2.45, 2.75) is 6.42 Å². The van der Waals surface area contributed by atoms with E-state index in [1.165, 1.54) is 12.1 Å². The lowest BCUT2D eigenvalue weighted by Crippen LogP contribution is -2.19. The van der Waals surface area contributed by atoms with E-state index in [1.54, 1.807) is 36.4 Å². The van der Waals surface area contributed by atoms with Crippen molar-refractivity contribution in [2.24, 2.45) is 10.2 Å². The smallest absolute Gasteiger partial charge is 0.335 e. The summed E-state index contributed by atoms with van der Waals surface area (Å²) in [5.41, 5.74) is 3.27. The molecule has 4 rings (SSSR count). The number of carboxylic acids is 1. The summed E-state index contributed by atoms with van der Waals surface area (Å²) in [6.45, 7) is 0. The monoisotopic (exact) mass is 410 g/mol. The van der Waals surface area contributed by atoms with Crippen LogP contribution in [0.15, 0.2) is 76.0 Å². The van der Waals surface area contributed by atoms with E-state index in [0.717, 1.165) is 0 Å². The Hall–Kier alpha value is -3.02. The third-order valence-corrected chi connectivity index (χ3v) is 5.13. The molecular weight excluding hydrogens is 399 g/mol. The number of fused-ring (bicyclic) bond motifs is 1. The van der Waals surface area contributed by atoms with Gasteiger partial charge in [-0.25, -0.2) is 4.79 Å². The maximum Gasteiger partial charge on any atom is 0.335 e. The first-order valence-electron chi connectivity index (χ1n) is 8.36. The molecule has 0 spiro atoms. The second-order valence-corrected chi connectivity index (χ2v) is 7.01. The number of rotatable bonds is 4. The summed E-state index contributed by atoms with van der Waals surface area (Å²) in [7, 11) is 0. The second kappa shape index (κ2) is 7.19. The SMILES string of the molecule is O=C(O)c1ccc(C2=NN=C3CC=CC(C(=O)c4c(Cl)cccc4Cl)=C32)cc1. The summed E-state index contributed by atoms with van der Waals surface area (Å²) in [5, 5.41) is 18.1. The number of halogens is 2. The quantitative estimate of drug-likeness (QED) is 0.720. The van der Waals surface area contributed by atoms with Crippen LogP contribution in [0.2, 0.25) is 10.0 Å². The highest BCUT2D eigenvalue weighted by Gasteiger charge is 2.30. The minimum atomic E-state index is -1.01. The van der Waals surface area contributed by atoms with Gasteiger partial charge in [-0.15, -0.1) is 5.10 Å². The molecule has 0 unspecified atom stereocenters. The van der Waals surface area contributed by atoms with E-state index in [2.05, 4.69) is 10.2 Å². The van der Waals surface area contributed by atoms with Crippen LogP contribution in [0.25, 0.3) is 0 Å². The van der Waals surface area contributed by atoms with Crippen molar-refractivity contribution in [3.8, 4) is 0 Å². The number of nitrogens with zero attached hydrogens (tertiary/aromatic N) is 2. The molecule has 7 heteroatoms. The van der Waals surface area contributed by atoms with E-state index < -0.39 is 5.97 Å². The first-order valence-corrected chi connectivity index (χ1v) is 9.11. The highest BCUT2D eigenvalue weighted by atomic mass is 35.5. The average molecular weight is 411 g/mol. The molecule has 5 nitrogen and oxygen atoms in total. The molecule has 2 aromatic rings. The van der Waals surface area contributed by atoms with E-state index in [-0.39, 0.29) is 27.0 Å². The Labute approximate surface area is 170 Å². The van der Waals surface area contributed by atoms with Crippen molar-refractivity contribution in [1.82, 2.24) is 0 Å². The molecule has 1 N–H and O–H groups in total. The van der Waals surface area contributed by atoms with Gasteiger partial charge in [0.1, 0.15) is 5.71 Å². The largest absolute Gasteiger partial charge is 0.478 e. The van der Waals surface area contributed by atoms with Crippen LogP contribution in [0.1, 0.15) is 32.7 Å². The molecular formula is C21H12Cl2N2O3. The van der Waals surface area contributed by atoms with Gasteiger partial charge in [0.25, 0.3) is 0 Å². The molecule has 138 valence electrons. The van der Waals surface area contributed by atoms with Gasteiger partial charge < -0.3 is 5.11 Å². The Balaban J connectivity index is 1.82. The van der Waals surface area contributed by atoms with Gasteiger partial charge in [-0.3, -0.25) is 4.79 Å². The number of Topliss-reactive ketones (excluding diaryl/α,β-unsaturated/α-hetero) is 1. The number of carbonyl (C=O) groups is 2. The topological polar surface area (TPSA) is 79.1 Å². The first kappa shape index (κ1) is 18.3. The number of carboxylic acid groups (broad SMARTS) is 1. The van der Waals surface area contributed by atoms with Crippen LogP contribution in [-0.2, 0) is 0 Å². The van der Waals surface area contributed by atoms with Gasteiger partial charge in [0.05, 0.1) is 26.9 Å². The lowest BCUT2D eigenvalue weighted by molar-refractivity contribution is 0.0696. The molecule has 0 fully saturated rings. The van der Waals surface area contributed by atoms with E-state index >= 15 is 0 Å². The Kier molecular flexibility index (Phi) is 4.71. The van der Waals surface area contributed by atoms with Crippen LogP contribution >= 0.6 is 23.2 Å². The molecule has 1 heterocycles. The van der Waals surface area contributed by atoms with Gasteiger partial charge in [0.2, 0.25) is 0 Å². The molecule has 1 aliphatic heterocycles. The fourth-order valence-corrected chi connectivity index (χ4v) is 3.73. The number of hydrogen-bond acceptors (Lipinski definition) is 4. The molecule has 0 amide bonds. The molecule has 1 aliphatic carbocycles. The maximum absolute atomic E-state index is 13.2. The van der Waals surface area contributed by atoms with E-state index in [0.29, 0.717) is 34.6 Å². The van der Waals surface area contributed by atoms with Crippen LogP contribution in [0.3, 0.4) is 0 Å². The number of benzene rings is 2. The zero-order valence-electron chi connectivity index (χ0n) is 14.3. The zero-order valence-corrected chi connectivity index (χ0v) is 15.8. The lowest BCUT2D eigenvalue weighted by Gasteiger charge is -2.16. The Morgan fingerprint density at radius 1 is 0.964 bits per heavy atom. The Morgan fingerprint density at radius 3 is 2.29 bits per heavy atom. The third-order valence-electron chi connectivity index (χ3n) is 4.50. The predicted octanol–water partition coefficient (Wildman–Crippen LogP) is 4.99. The van der Waals surface area contributed by atoms with Crippen LogP contribution < -0.4 is 0 Å². The first-order chi connectivity index (χ1) is 13.5. The maximum atomic E-state index is 13.2. The molecule has 2 aliphatic rings. The molecule has 2 aromatic carbocycles. The molecule has 0 radical (unpaired) electrons. The predicted molar refractivity (Wildman–Crippen MR) is 109 cm³/mol. The van der Waals surface area contributed by atoms with Crippen LogP contribution in [0.4, 0.5) is 0 Å². The molecule has 0 atom stereocenters. The Morgan fingerprint density at radius 2 is 1.64 bits per heavy atom. The van der Waals surface area contributed by atoms with Crippen LogP contribution in [-0.4, -0.2) is 28.3 Å². The van der Waals surface area contributed by atoms with Crippen LogP contribution in [0.5, 0.6) is 0 Å². The van der Waals surface area contributed by atoms with E-state index in [9.17, 15) is 9.59 Å². The van der Waals surface area contributed by atoms with Gasteiger partial charge in [-0.2, -0.15) is 5.10 Å². The minimum absolute atomic E-state index is 0.167. The molecule has 0 saturated heterocycles. The highest BCUT2D eigenvalue weighted by Crippen LogP contribution is 2.32. The van der Waals surface area contributed by atoms with Gasteiger partial charge in [-0.05, 0) is 24.3 Å². The van der Waals surface area contributed by atoms with Crippen molar-refractivity contribution in [1.29, 1.82) is 0 Å². The molecule has 0 aromatic heterocycles. The van der Waals surface area contributed by atoms with Crippen molar-refractivity contribution >= 4 is 46.4 Å². The van der Waals surface area contributed by atoms with Gasteiger partial charge >= 0.3 is 5.97 Å². The van der Waals surface area contributed by atoms with Crippen LogP contribution in [0, 0.1) is 0 Å². The summed E-state index contributed by atoms with van der Waals surface area (Å²) in [6, 6.07) is 11.2. The number of carbonyl (C=O) groups excluding carboxylic acids is 1. The molecule has 0 bridgehead atoms. The minimum Gasteiger partial charge on any atom is -0.478 e. The average Bonchev–Trinajstić information content (AvgIpc) is 3.12.